The SMILES string of the molecule is CC(C)(C)OC(=O)N1CCC2(CC1)CC(C=O)O2. The van der Waals surface area contributed by atoms with Gasteiger partial charge in [-0.3, -0.25) is 0 Å². The second-order valence-electron chi connectivity index (χ2n) is 6.15. The van der Waals surface area contributed by atoms with Crippen LogP contribution >= 0.6 is 0 Å². The largest absolute Gasteiger partial charge is 0.444 e. The smallest absolute Gasteiger partial charge is 0.410 e. The maximum Gasteiger partial charge on any atom is 0.410 e. The lowest BCUT2D eigenvalue weighted by molar-refractivity contribution is -0.214. The topological polar surface area (TPSA) is 55.8 Å². The molecule has 5 nitrogen and oxygen atoms in total. The van der Waals surface area contributed by atoms with Gasteiger partial charge < -0.3 is 19.2 Å². The maximum atomic E-state index is 11.9. The quantitative estimate of drug-likeness (QED) is 0.670. The zero-order valence-electron chi connectivity index (χ0n) is 11.3. The van der Waals surface area contributed by atoms with Gasteiger partial charge in [-0.25, -0.2) is 4.79 Å². The molecule has 2 aliphatic rings. The molecule has 1 unspecified atom stereocenters. The highest BCUT2D eigenvalue weighted by molar-refractivity contribution is 5.68. The highest BCUT2D eigenvalue weighted by Gasteiger charge is 2.48. The Hall–Kier alpha value is -1.10. The summed E-state index contributed by atoms with van der Waals surface area (Å²) < 4.78 is 10.9. The van der Waals surface area contributed by atoms with Gasteiger partial charge in [-0.05, 0) is 33.6 Å². The third kappa shape index (κ3) is 2.83. The number of amides is 1. The van der Waals surface area contributed by atoms with Crippen LogP contribution in [0.5, 0.6) is 0 Å². The lowest BCUT2D eigenvalue weighted by atomic mass is 9.81. The number of aldehydes is 1. The molecule has 18 heavy (non-hydrogen) atoms. The van der Waals surface area contributed by atoms with Crippen molar-refractivity contribution in [3.05, 3.63) is 0 Å². The van der Waals surface area contributed by atoms with E-state index in [9.17, 15) is 9.59 Å². The van der Waals surface area contributed by atoms with Gasteiger partial charge in [-0.15, -0.1) is 0 Å². The second kappa shape index (κ2) is 4.53. The molecule has 0 N–H and O–H groups in total. The lowest BCUT2D eigenvalue weighted by Crippen LogP contribution is -2.58. The average molecular weight is 255 g/mol. The molecule has 1 atom stereocenters. The van der Waals surface area contributed by atoms with E-state index in [-0.39, 0.29) is 17.8 Å². The van der Waals surface area contributed by atoms with E-state index in [4.69, 9.17) is 9.47 Å². The molecule has 2 fully saturated rings. The van der Waals surface area contributed by atoms with Gasteiger partial charge in [0.2, 0.25) is 0 Å². The van der Waals surface area contributed by atoms with Crippen molar-refractivity contribution in [3.8, 4) is 0 Å². The zero-order chi connectivity index (χ0) is 13.4. The van der Waals surface area contributed by atoms with Crippen LogP contribution in [0.15, 0.2) is 0 Å². The first kappa shape index (κ1) is 13.3. The van der Waals surface area contributed by atoms with Crippen molar-refractivity contribution in [2.24, 2.45) is 0 Å². The first-order valence-electron chi connectivity index (χ1n) is 6.45. The molecule has 102 valence electrons. The van der Waals surface area contributed by atoms with Crippen LogP contribution in [0.2, 0.25) is 0 Å². The van der Waals surface area contributed by atoms with Crippen molar-refractivity contribution in [2.45, 2.75) is 57.3 Å². The van der Waals surface area contributed by atoms with E-state index in [1.165, 1.54) is 0 Å². The summed E-state index contributed by atoms with van der Waals surface area (Å²) in [6.45, 7) is 6.86. The van der Waals surface area contributed by atoms with Crippen molar-refractivity contribution in [3.63, 3.8) is 0 Å². The predicted molar refractivity (Wildman–Crippen MR) is 65.3 cm³/mol. The fourth-order valence-electron chi connectivity index (χ4n) is 2.50. The summed E-state index contributed by atoms with van der Waals surface area (Å²) in [6, 6.07) is 0. The number of ether oxygens (including phenoxy) is 2. The minimum Gasteiger partial charge on any atom is -0.444 e. The number of hydrogen-bond donors (Lipinski definition) is 0. The van der Waals surface area contributed by atoms with Crippen LogP contribution in [0.4, 0.5) is 4.79 Å². The third-order valence-corrected chi connectivity index (χ3v) is 3.45. The summed E-state index contributed by atoms with van der Waals surface area (Å²) in [5.41, 5.74) is -0.619. The van der Waals surface area contributed by atoms with E-state index in [0.717, 1.165) is 25.5 Å². The molecule has 2 aliphatic heterocycles. The van der Waals surface area contributed by atoms with Gasteiger partial charge in [-0.1, -0.05) is 0 Å². The Balaban J connectivity index is 1.80. The standard InChI is InChI=1S/C13H21NO4/c1-12(2,3)18-11(16)14-6-4-13(5-7-14)8-10(9-15)17-13/h9-10H,4-8H2,1-3H3. The minimum absolute atomic E-state index is 0.163. The first-order valence-corrected chi connectivity index (χ1v) is 6.45. The number of hydrogen-bond acceptors (Lipinski definition) is 4. The molecule has 0 aromatic heterocycles. The van der Waals surface area contributed by atoms with Crippen LogP contribution < -0.4 is 0 Å². The van der Waals surface area contributed by atoms with E-state index >= 15 is 0 Å². The van der Waals surface area contributed by atoms with Crippen LogP contribution in [0.1, 0.15) is 40.0 Å². The summed E-state index contributed by atoms with van der Waals surface area (Å²) >= 11 is 0. The highest BCUT2D eigenvalue weighted by Crippen LogP contribution is 2.40. The average Bonchev–Trinajstić information content (AvgIpc) is 2.23. The Bertz CT molecular complexity index is 331. The van der Waals surface area contributed by atoms with Crippen molar-refractivity contribution < 1.29 is 19.1 Å². The van der Waals surface area contributed by atoms with E-state index in [2.05, 4.69) is 0 Å². The second-order valence-corrected chi connectivity index (χ2v) is 6.15. The number of carbonyl (C=O) groups is 2. The van der Waals surface area contributed by atoms with E-state index in [1.54, 1.807) is 4.90 Å². The molecular formula is C13H21NO4. The Morgan fingerprint density at radius 3 is 2.39 bits per heavy atom. The molecule has 0 radical (unpaired) electrons. The molecule has 2 rings (SSSR count). The molecular weight excluding hydrogens is 234 g/mol. The lowest BCUT2D eigenvalue weighted by Gasteiger charge is -2.50. The van der Waals surface area contributed by atoms with E-state index in [0.29, 0.717) is 13.1 Å². The van der Waals surface area contributed by atoms with Gasteiger partial charge in [0.15, 0.2) is 0 Å². The van der Waals surface area contributed by atoms with Gasteiger partial charge in [0.05, 0.1) is 5.60 Å². The van der Waals surface area contributed by atoms with Gasteiger partial charge in [-0.2, -0.15) is 0 Å². The maximum absolute atomic E-state index is 11.9. The molecule has 1 spiro atoms. The summed E-state index contributed by atoms with van der Waals surface area (Å²) in [6.07, 6.45) is 2.72. The molecule has 5 heteroatoms. The molecule has 2 heterocycles. The summed E-state index contributed by atoms with van der Waals surface area (Å²) in [5, 5.41) is 0. The Labute approximate surface area is 107 Å². The molecule has 1 amide bonds. The fraction of sp³-hybridized carbons (Fsp3) is 0.846. The van der Waals surface area contributed by atoms with Crippen LogP contribution in [0, 0.1) is 0 Å². The molecule has 0 aromatic rings. The number of carbonyl (C=O) groups excluding carboxylic acids is 2. The molecule has 2 saturated heterocycles. The van der Waals surface area contributed by atoms with Crippen LogP contribution in [-0.2, 0) is 14.3 Å². The molecule has 0 saturated carbocycles. The summed E-state index contributed by atoms with van der Waals surface area (Å²) in [4.78, 5) is 24.1. The number of likely N-dealkylation sites (tertiary alicyclic amines) is 1. The number of nitrogens with zero attached hydrogens (tertiary/aromatic N) is 1. The van der Waals surface area contributed by atoms with Crippen LogP contribution in [-0.4, -0.2) is 47.7 Å². The monoisotopic (exact) mass is 255 g/mol. The van der Waals surface area contributed by atoms with Crippen molar-refractivity contribution in [2.75, 3.05) is 13.1 Å². The predicted octanol–water partition coefficient (Wildman–Crippen LogP) is 1.74. The first-order chi connectivity index (χ1) is 8.34. The third-order valence-electron chi connectivity index (χ3n) is 3.45. The van der Waals surface area contributed by atoms with E-state index < -0.39 is 5.60 Å². The molecule has 0 aromatic carbocycles. The van der Waals surface area contributed by atoms with Gasteiger partial charge in [0, 0.05) is 19.5 Å². The molecule has 0 aliphatic carbocycles. The van der Waals surface area contributed by atoms with Crippen molar-refractivity contribution >= 4 is 12.4 Å². The normalized spacial score (nSPS) is 26.6. The summed E-state index contributed by atoms with van der Waals surface area (Å²) in [7, 11) is 0. The van der Waals surface area contributed by atoms with Crippen LogP contribution in [0.3, 0.4) is 0 Å². The van der Waals surface area contributed by atoms with E-state index in [1.807, 2.05) is 20.8 Å². The van der Waals surface area contributed by atoms with Crippen molar-refractivity contribution in [1.82, 2.24) is 4.90 Å². The zero-order valence-corrected chi connectivity index (χ0v) is 11.3. The highest BCUT2D eigenvalue weighted by atomic mass is 16.6. The van der Waals surface area contributed by atoms with Gasteiger partial charge in [0.25, 0.3) is 0 Å². The number of piperidine rings is 1. The van der Waals surface area contributed by atoms with Gasteiger partial charge >= 0.3 is 6.09 Å². The Kier molecular flexibility index (Phi) is 3.36. The van der Waals surface area contributed by atoms with Crippen molar-refractivity contribution in [1.29, 1.82) is 0 Å². The van der Waals surface area contributed by atoms with Gasteiger partial charge in [0.1, 0.15) is 18.0 Å². The summed E-state index contributed by atoms with van der Waals surface area (Å²) in [5.74, 6) is 0. The molecule has 0 bridgehead atoms. The minimum atomic E-state index is -0.457. The Morgan fingerprint density at radius 1 is 1.39 bits per heavy atom. The van der Waals surface area contributed by atoms with Crippen LogP contribution in [0.25, 0.3) is 0 Å². The fourth-order valence-corrected chi connectivity index (χ4v) is 2.50. The number of rotatable bonds is 1. The Morgan fingerprint density at radius 2 is 1.94 bits per heavy atom.